The van der Waals surface area contributed by atoms with Crippen LogP contribution in [-0.4, -0.2) is 30.1 Å². The molecule has 0 fully saturated rings. The van der Waals surface area contributed by atoms with Crippen LogP contribution in [0.15, 0.2) is 24.3 Å². The Morgan fingerprint density at radius 2 is 1.81 bits per heavy atom. The predicted molar refractivity (Wildman–Crippen MR) is 89.3 cm³/mol. The Hall–Kier alpha value is -1.10. The molecule has 4 heteroatoms. The van der Waals surface area contributed by atoms with E-state index in [1.54, 1.807) is 0 Å². The van der Waals surface area contributed by atoms with Crippen LogP contribution in [0.25, 0.3) is 0 Å². The summed E-state index contributed by atoms with van der Waals surface area (Å²) in [4.78, 5) is 2.41. The average molecular weight is 293 g/mol. The fraction of sp³-hybridized carbons (Fsp3) is 0.647. The van der Waals surface area contributed by atoms with Crippen LogP contribution in [0.1, 0.15) is 52.6 Å². The van der Waals surface area contributed by atoms with Crippen molar-refractivity contribution in [1.29, 1.82) is 0 Å². The third kappa shape index (κ3) is 4.19. The van der Waals surface area contributed by atoms with Crippen molar-refractivity contribution < 1.29 is 4.74 Å². The van der Waals surface area contributed by atoms with Gasteiger partial charge >= 0.3 is 0 Å². The first-order valence-electron chi connectivity index (χ1n) is 7.95. The van der Waals surface area contributed by atoms with Gasteiger partial charge in [0.25, 0.3) is 0 Å². The first kappa shape index (κ1) is 18.0. The molecule has 4 nitrogen and oxygen atoms in total. The van der Waals surface area contributed by atoms with Crippen LogP contribution in [0.5, 0.6) is 5.75 Å². The summed E-state index contributed by atoms with van der Waals surface area (Å²) < 4.78 is 5.90. The summed E-state index contributed by atoms with van der Waals surface area (Å²) in [6, 6.07) is 8.17. The largest absolute Gasteiger partial charge is 0.493 e. The number of nitrogens with zero attached hydrogens (tertiary/aromatic N) is 1. The van der Waals surface area contributed by atoms with Gasteiger partial charge in [-0.2, -0.15) is 0 Å². The van der Waals surface area contributed by atoms with Gasteiger partial charge in [0.1, 0.15) is 5.75 Å². The quantitative estimate of drug-likeness (QED) is 0.542. The Balaban J connectivity index is 3.14. The summed E-state index contributed by atoms with van der Waals surface area (Å²) in [5.74, 6) is 6.82. The zero-order valence-corrected chi connectivity index (χ0v) is 14.1. The number of ether oxygens (including phenoxy) is 1. The van der Waals surface area contributed by atoms with Crippen molar-refractivity contribution >= 4 is 0 Å². The van der Waals surface area contributed by atoms with Crippen molar-refractivity contribution in [1.82, 2.24) is 10.3 Å². The molecule has 0 heterocycles. The van der Waals surface area contributed by atoms with Gasteiger partial charge in [-0.15, -0.1) is 0 Å². The fourth-order valence-electron chi connectivity index (χ4n) is 2.96. The lowest BCUT2D eigenvalue weighted by Crippen LogP contribution is -2.54. The smallest absolute Gasteiger partial charge is 0.124 e. The summed E-state index contributed by atoms with van der Waals surface area (Å²) >= 11 is 0. The third-order valence-electron chi connectivity index (χ3n) is 4.14. The molecule has 0 aromatic heterocycles. The molecule has 0 aliphatic heterocycles. The van der Waals surface area contributed by atoms with E-state index in [-0.39, 0.29) is 11.6 Å². The number of likely N-dealkylation sites (N-methyl/N-ethyl adjacent to an activating group) is 1. The van der Waals surface area contributed by atoms with E-state index in [0.717, 1.165) is 37.4 Å². The second-order valence-electron chi connectivity index (χ2n) is 5.81. The molecule has 3 N–H and O–H groups in total. The summed E-state index contributed by atoms with van der Waals surface area (Å²) in [7, 11) is 0. The van der Waals surface area contributed by atoms with E-state index in [9.17, 15) is 0 Å². The maximum absolute atomic E-state index is 5.90. The van der Waals surface area contributed by atoms with E-state index in [1.165, 1.54) is 0 Å². The molecule has 0 aliphatic carbocycles. The number of benzene rings is 1. The topological polar surface area (TPSA) is 50.5 Å². The van der Waals surface area contributed by atoms with Crippen LogP contribution in [0.4, 0.5) is 0 Å². The standard InChI is InChI=1S/C17H31N3O/c1-6-13-21-15-12-10-9-11-14(15)16(19-18)17(4,5)20(7-2)8-3/h9-12,16,19H,6-8,13,18H2,1-5H3. The molecule has 1 rings (SSSR count). The van der Waals surface area contributed by atoms with Crippen LogP contribution >= 0.6 is 0 Å². The third-order valence-corrected chi connectivity index (χ3v) is 4.14. The predicted octanol–water partition coefficient (Wildman–Crippen LogP) is 3.10. The van der Waals surface area contributed by atoms with Gasteiger partial charge in [-0.3, -0.25) is 16.2 Å². The van der Waals surface area contributed by atoms with Crippen LogP contribution in [-0.2, 0) is 0 Å². The maximum Gasteiger partial charge on any atom is 0.124 e. The second-order valence-corrected chi connectivity index (χ2v) is 5.81. The summed E-state index contributed by atoms with van der Waals surface area (Å²) in [5, 5.41) is 0. The van der Waals surface area contributed by atoms with E-state index < -0.39 is 0 Å². The van der Waals surface area contributed by atoms with Crippen LogP contribution in [0, 0.1) is 0 Å². The maximum atomic E-state index is 5.90. The van der Waals surface area contributed by atoms with Crippen LogP contribution in [0.2, 0.25) is 0 Å². The Morgan fingerprint density at radius 1 is 1.19 bits per heavy atom. The molecule has 1 atom stereocenters. The molecule has 1 aromatic rings. The zero-order valence-electron chi connectivity index (χ0n) is 14.1. The molecule has 1 aromatic carbocycles. The first-order valence-corrected chi connectivity index (χ1v) is 7.95. The highest BCUT2D eigenvalue weighted by Crippen LogP contribution is 2.35. The monoisotopic (exact) mass is 293 g/mol. The number of rotatable bonds is 9. The highest BCUT2D eigenvalue weighted by atomic mass is 16.5. The normalized spacial score (nSPS) is 13.5. The lowest BCUT2D eigenvalue weighted by Gasteiger charge is -2.43. The lowest BCUT2D eigenvalue weighted by atomic mass is 9.86. The van der Waals surface area contributed by atoms with E-state index >= 15 is 0 Å². The van der Waals surface area contributed by atoms with E-state index in [1.807, 2.05) is 18.2 Å². The average Bonchev–Trinajstić information content (AvgIpc) is 2.47. The Morgan fingerprint density at radius 3 is 2.33 bits per heavy atom. The SMILES string of the molecule is CCCOc1ccccc1C(NN)C(C)(C)N(CC)CC. The number of para-hydroxylation sites is 1. The van der Waals surface area contributed by atoms with E-state index in [4.69, 9.17) is 10.6 Å². The molecule has 1 unspecified atom stereocenters. The Kier molecular flexibility index (Phi) is 7.15. The van der Waals surface area contributed by atoms with Gasteiger partial charge in [-0.1, -0.05) is 39.0 Å². The number of hydrogen-bond donors (Lipinski definition) is 2. The number of hydrazine groups is 1. The minimum absolute atomic E-state index is 0.00505. The Bertz CT molecular complexity index is 416. The second kappa shape index (κ2) is 8.37. The Labute approximate surface area is 129 Å². The van der Waals surface area contributed by atoms with E-state index in [0.29, 0.717) is 0 Å². The van der Waals surface area contributed by atoms with Crippen molar-refractivity contribution in [3.05, 3.63) is 29.8 Å². The molecule has 0 saturated carbocycles. The van der Waals surface area contributed by atoms with Crippen molar-refractivity contribution in [3.8, 4) is 5.75 Å². The van der Waals surface area contributed by atoms with Gasteiger partial charge in [0.05, 0.1) is 12.6 Å². The molecule has 0 radical (unpaired) electrons. The van der Waals surface area contributed by atoms with Gasteiger partial charge in [0, 0.05) is 11.1 Å². The lowest BCUT2D eigenvalue weighted by molar-refractivity contribution is 0.0897. The summed E-state index contributed by atoms with van der Waals surface area (Å²) in [6.45, 7) is 13.6. The summed E-state index contributed by atoms with van der Waals surface area (Å²) in [5.41, 5.74) is 4.01. The van der Waals surface area contributed by atoms with Gasteiger partial charge in [-0.05, 0) is 39.4 Å². The summed E-state index contributed by atoms with van der Waals surface area (Å²) in [6.07, 6.45) is 0.995. The molecule has 0 aliphatic rings. The number of nitrogens with two attached hydrogens (primary N) is 1. The number of nitrogens with one attached hydrogen (secondary N) is 1. The minimum atomic E-state index is -0.107. The highest BCUT2D eigenvalue weighted by Gasteiger charge is 2.35. The van der Waals surface area contributed by atoms with Crippen molar-refractivity contribution in [2.75, 3.05) is 19.7 Å². The van der Waals surface area contributed by atoms with Gasteiger partial charge < -0.3 is 4.74 Å². The molecular weight excluding hydrogens is 262 g/mol. The van der Waals surface area contributed by atoms with Crippen molar-refractivity contribution in [2.24, 2.45) is 5.84 Å². The van der Waals surface area contributed by atoms with Gasteiger partial charge in [-0.25, -0.2) is 0 Å². The first-order chi connectivity index (χ1) is 10.0. The highest BCUT2D eigenvalue weighted by molar-refractivity contribution is 5.37. The molecule has 0 saturated heterocycles. The number of hydrogen-bond acceptors (Lipinski definition) is 4. The molecule has 120 valence electrons. The van der Waals surface area contributed by atoms with Gasteiger partial charge in [0.15, 0.2) is 0 Å². The van der Waals surface area contributed by atoms with E-state index in [2.05, 4.69) is 51.0 Å². The molecular formula is C17H31N3O. The van der Waals surface area contributed by atoms with Crippen molar-refractivity contribution in [3.63, 3.8) is 0 Å². The van der Waals surface area contributed by atoms with Crippen LogP contribution < -0.4 is 16.0 Å². The van der Waals surface area contributed by atoms with Gasteiger partial charge in [0.2, 0.25) is 0 Å². The zero-order chi connectivity index (χ0) is 15.9. The van der Waals surface area contributed by atoms with Crippen LogP contribution in [0.3, 0.4) is 0 Å². The molecule has 21 heavy (non-hydrogen) atoms. The van der Waals surface area contributed by atoms with Crippen molar-refractivity contribution in [2.45, 2.75) is 52.6 Å². The molecule has 0 bridgehead atoms. The fourth-order valence-corrected chi connectivity index (χ4v) is 2.96. The molecule has 0 spiro atoms. The minimum Gasteiger partial charge on any atom is -0.493 e. The molecule has 0 amide bonds.